The third kappa shape index (κ3) is 8.54. The quantitative estimate of drug-likeness (QED) is 0.342. The van der Waals surface area contributed by atoms with Crippen molar-refractivity contribution in [2.75, 3.05) is 19.7 Å². The molecule has 0 radical (unpaired) electrons. The average Bonchev–Trinajstić information content (AvgIpc) is 3.15. The van der Waals surface area contributed by atoms with Crippen LogP contribution in [0.15, 0.2) is 40.7 Å². The van der Waals surface area contributed by atoms with E-state index in [0.717, 1.165) is 49.2 Å². The Kier molecular flexibility index (Phi) is 9.87. The minimum absolute atomic E-state index is 0.467. The fraction of sp³-hybridized carbons (Fsp3) is 0.524. The van der Waals surface area contributed by atoms with E-state index < -0.39 is 0 Å². The molecule has 1 aromatic carbocycles. The number of rotatable bonds is 11. The summed E-state index contributed by atoms with van der Waals surface area (Å²) in [5.74, 6) is 1.32. The third-order valence-corrected chi connectivity index (χ3v) is 4.85. The van der Waals surface area contributed by atoms with Gasteiger partial charge in [-0.15, -0.1) is 11.3 Å². The first-order chi connectivity index (χ1) is 13.2. The molecule has 148 valence electrons. The summed E-state index contributed by atoms with van der Waals surface area (Å²) >= 11 is 1.68. The average molecular weight is 389 g/mol. The number of ether oxygens (including phenoxy) is 1. The van der Waals surface area contributed by atoms with Gasteiger partial charge in [0.25, 0.3) is 0 Å². The number of thiazole rings is 1. The summed E-state index contributed by atoms with van der Waals surface area (Å²) in [6.45, 7) is 10.2. The van der Waals surface area contributed by atoms with Crippen LogP contribution in [0, 0.1) is 0 Å². The van der Waals surface area contributed by atoms with Crippen molar-refractivity contribution in [1.82, 2.24) is 15.6 Å². The van der Waals surface area contributed by atoms with Crippen molar-refractivity contribution in [1.29, 1.82) is 0 Å². The molecule has 0 saturated carbocycles. The number of nitrogens with zero attached hydrogens (tertiary/aromatic N) is 2. The van der Waals surface area contributed by atoms with Crippen molar-refractivity contribution in [3.05, 3.63) is 52.0 Å². The lowest BCUT2D eigenvalue weighted by atomic mass is 10.2. The Morgan fingerprint density at radius 3 is 2.70 bits per heavy atom. The Bertz CT molecular complexity index is 670. The number of aliphatic imine (C=N–C) groups is 1. The van der Waals surface area contributed by atoms with E-state index in [0.29, 0.717) is 19.1 Å². The topological polar surface area (TPSA) is 58.5 Å². The smallest absolute Gasteiger partial charge is 0.191 e. The van der Waals surface area contributed by atoms with Crippen molar-refractivity contribution in [2.24, 2.45) is 4.99 Å². The molecule has 2 N–H and O–H groups in total. The minimum atomic E-state index is 0.467. The van der Waals surface area contributed by atoms with Crippen molar-refractivity contribution >= 4 is 17.3 Å². The normalized spacial score (nSPS) is 11.8. The van der Waals surface area contributed by atoms with Gasteiger partial charge in [-0.25, -0.2) is 9.98 Å². The lowest BCUT2D eigenvalue weighted by Crippen LogP contribution is -2.37. The van der Waals surface area contributed by atoms with Gasteiger partial charge in [0.15, 0.2) is 5.96 Å². The molecule has 0 aliphatic carbocycles. The van der Waals surface area contributed by atoms with E-state index in [1.807, 2.05) is 18.2 Å². The van der Waals surface area contributed by atoms with Crippen LogP contribution >= 0.6 is 11.3 Å². The molecule has 6 heteroatoms. The maximum atomic E-state index is 5.72. The van der Waals surface area contributed by atoms with Crippen LogP contribution in [0.5, 0.6) is 0 Å². The molecule has 0 aliphatic heterocycles. The summed E-state index contributed by atoms with van der Waals surface area (Å²) < 4.78 is 5.72. The summed E-state index contributed by atoms with van der Waals surface area (Å²) in [4.78, 5) is 9.28. The number of unbranched alkanes of at least 4 members (excludes halogenated alkanes) is 1. The highest BCUT2D eigenvalue weighted by molar-refractivity contribution is 7.09. The van der Waals surface area contributed by atoms with Crippen LogP contribution in [-0.4, -0.2) is 30.6 Å². The molecule has 0 atom stereocenters. The second kappa shape index (κ2) is 12.5. The highest BCUT2D eigenvalue weighted by atomic mass is 32.1. The van der Waals surface area contributed by atoms with E-state index in [2.05, 4.69) is 58.9 Å². The monoisotopic (exact) mass is 388 g/mol. The van der Waals surface area contributed by atoms with Crippen LogP contribution in [0.3, 0.4) is 0 Å². The van der Waals surface area contributed by atoms with E-state index in [9.17, 15) is 0 Å². The molecule has 0 amide bonds. The summed E-state index contributed by atoms with van der Waals surface area (Å²) in [5.41, 5.74) is 2.37. The maximum absolute atomic E-state index is 5.72. The highest BCUT2D eigenvalue weighted by Gasteiger charge is 2.05. The molecule has 1 aromatic heterocycles. The summed E-state index contributed by atoms with van der Waals surface area (Å²) in [7, 11) is 0. The molecule has 0 aliphatic rings. The largest absolute Gasteiger partial charge is 0.377 e. The maximum Gasteiger partial charge on any atom is 0.191 e. The van der Waals surface area contributed by atoms with Crippen LogP contribution in [-0.2, 0) is 17.9 Å². The summed E-state index contributed by atoms with van der Waals surface area (Å²) in [6.07, 6.45) is 2.08. The van der Waals surface area contributed by atoms with E-state index >= 15 is 0 Å². The van der Waals surface area contributed by atoms with Crippen molar-refractivity contribution in [3.63, 3.8) is 0 Å². The number of aromatic nitrogens is 1. The van der Waals surface area contributed by atoms with Gasteiger partial charge >= 0.3 is 0 Å². The lowest BCUT2D eigenvalue weighted by Gasteiger charge is -2.11. The SMILES string of the molecule is CCNC(=NCc1nc(C(C)C)cs1)NCCCCOCc1ccccc1. The van der Waals surface area contributed by atoms with Gasteiger partial charge in [0.2, 0.25) is 0 Å². The Hall–Kier alpha value is -1.92. The second-order valence-electron chi connectivity index (χ2n) is 6.69. The van der Waals surface area contributed by atoms with Crippen LogP contribution in [0.1, 0.15) is 55.8 Å². The first-order valence-electron chi connectivity index (χ1n) is 9.77. The predicted molar refractivity (Wildman–Crippen MR) is 114 cm³/mol. The molecule has 0 spiro atoms. The summed E-state index contributed by atoms with van der Waals surface area (Å²) in [6, 6.07) is 10.3. The van der Waals surface area contributed by atoms with Gasteiger partial charge in [-0.05, 0) is 31.2 Å². The fourth-order valence-corrected chi connectivity index (χ4v) is 3.33. The van der Waals surface area contributed by atoms with Crippen molar-refractivity contribution in [2.45, 2.75) is 52.7 Å². The molecule has 2 rings (SSSR count). The van der Waals surface area contributed by atoms with Crippen LogP contribution in [0.2, 0.25) is 0 Å². The lowest BCUT2D eigenvalue weighted by molar-refractivity contribution is 0.117. The number of hydrogen-bond donors (Lipinski definition) is 2. The van der Waals surface area contributed by atoms with Crippen molar-refractivity contribution in [3.8, 4) is 0 Å². The van der Waals surface area contributed by atoms with Crippen LogP contribution < -0.4 is 10.6 Å². The van der Waals surface area contributed by atoms with E-state index in [1.54, 1.807) is 11.3 Å². The Balaban J connectivity index is 1.63. The number of nitrogens with one attached hydrogen (secondary N) is 2. The van der Waals surface area contributed by atoms with Crippen LogP contribution in [0.25, 0.3) is 0 Å². The zero-order valence-electron chi connectivity index (χ0n) is 16.7. The molecule has 0 fully saturated rings. The highest BCUT2D eigenvalue weighted by Crippen LogP contribution is 2.18. The molecule has 0 saturated heterocycles. The fourth-order valence-electron chi connectivity index (χ4n) is 2.45. The first-order valence-corrected chi connectivity index (χ1v) is 10.6. The second-order valence-corrected chi connectivity index (χ2v) is 7.63. The molecule has 0 unspecified atom stereocenters. The zero-order valence-corrected chi connectivity index (χ0v) is 17.5. The first kappa shape index (κ1) is 21.4. The van der Waals surface area contributed by atoms with Crippen molar-refractivity contribution < 1.29 is 4.74 Å². The van der Waals surface area contributed by atoms with Crippen LogP contribution in [0.4, 0.5) is 0 Å². The van der Waals surface area contributed by atoms with E-state index in [-0.39, 0.29) is 0 Å². The molecule has 2 aromatic rings. The summed E-state index contributed by atoms with van der Waals surface area (Å²) in [5, 5.41) is 9.87. The van der Waals surface area contributed by atoms with Gasteiger partial charge in [0.05, 0.1) is 18.8 Å². The molecular formula is C21H32N4OS. The third-order valence-electron chi connectivity index (χ3n) is 4.00. The number of hydrogen-bond acceptors (Lipinski definition) is 4. The predicted octanol–water partition coefficient (Wildman–Crippen LogP) is 4.32. The van der Waals surface area contributed by atoms with Gasteiger partial charge in [-0.2, -0.15) is 0 Å². The Morgan fingerprint density at radius 1 is 1.19 bits per heavy atom. The van der Waals surface area contributed by atoms with Gasteiger partial charge in [0, 0.05) is 25.1 Å². The van der Waals surface area contributed by atoms with Gasteiger partial charge in [-0.1, -0.05) is 44.2 Å². The molecule has 0 bridgehead atoms. The molecule has 5 nitrogen and oxygen atoms in total. The van der Waals surface area contributed by atoms with Gasteiger partial charge in [-0.3, -0.25) is 0 Å². The Morgan fingerprint density at radius 2 is 2.00 bits per heavy atom. The Labute approximate surface area is 167 Å². The van der Waals surface area contributed by atoms with Gasteiger partial charge in [0.1, 0.15) is 5.01 Å². The molecule has 27 heavy (non-hydrogen) atoms. The number of benzene rings is 1. The minimum Gasteiger partial charge on any atom is -0.377 e. The van der Waals surface area contributed by atoms with E-state index in [1.165, 1.54) is 5.56 Å². The van der Waals surface area contributed by atoms with Gasteiger partial charge < -0.3 is 15.4 Å². The number of guanidine groups is 1. The van der Waals surface area contributed by atoms with E-state index in [4.69, 9.17) is 4.74 Å². The molecule has 1 heterocycles. The zero-order chi connectivity index (χ0) is 19.3. The standard InChI is InChI=1S/C21H32N4OS/c1-4-22-21(24-14-20-25-19(16-27-20)17(2)3)23-12-8-9-13-26-15-18-10-6-5-7-11-18/h5-7,10-11,16-17H,4,8-9,12-15H2,1-3H3,(H2,22,23,24). The molecular weight excluding hydrogens is 356 g/mol.